The molecule has 0 aromatic heterocycles. The molecule has 244 valence electrons. The van der Waals surface area contributed by atoms with Crippen LogP contribution in [0.5, 0.6) is 0 Å². The van der Waals surface area contributed by atoms with Crippen molar-refractivity contribution in [3.63, 3.8) is 0 Å². The van der Waals surface area contributed by atoms with Crippen LogP contribution < -0.4 is 24.8 Å². The summed E-state index contributed by atoms with van der Waals surface area (Å²) in [5, 5.41) is 0. The first-order valence-corrected chi connectivity index (χ1v) is 23.7. The first-order valence-electron chi connectivity index (χ1n) is 17.4. The molecule has 1 fully saturated rings. The molecule has 0 amide bonds. The summed E-state index contributed by atoms with van der Waals surface area (Å²) >= 11 is -2.86. The molecule has 2 atom stereocenters. The van der Waals surface area contributed by atoms with Crippen LogP contribution in [0, 0.1) is 55.4 Å². The van der Waals surface area contributed by atoms with Crippen LogP contribution in [0.25, 0.3) is 34.4 Å². The minimum atomic E-state index is -2.86. The van der Waals surface area contributed by atoms with Gasteiger partial charge in [0.05, 0.1) is 0 Å². The molecule has 1 aliphatic heterocycles. The summed E-state index contributed by atoms with van der Waals surface area (Å²) in [6.45, 7) is 23.9. The Kier molecular flexibility index (Phi) is 10.2. The van der Waals surface area contributed by atoms with E-state index in [1.165, 1.54) is 63.9 Å². The molecule has 0 nitrogen and oxygen atoms in total. The minimum absolute atomic E-state index is 0. The fraction of sp³-hybridized carbons (Fsp3) is 0.364. The van der Waals surface area contributed by atoms with E-state index in [0.29, 0.717) is 7.25 Å². The van der Waals surface area contributed by atoms with Gasteiger partial charge in [0.2, 0.25) is 0 Å². The molecule has 0 bridgehead atoms. The van der Waals surface area contributed by atoms with E-state index in [2.05, 4.69) is 130 Å². The number of fused-ring (bicyclic) bond motifs is 2. The molecule has 2 unspecified atom stereocenters. The zero-order chi connectivity index (χ0) is 31.9. The molecule has 3 heteroatoms. The van der Waals surface area contributed by atoms with E-state index in [1.807, 2.05) is 0 Å². The second-order valence-corrected chi connectivity index (χ2v) is 25.9. The summed E-state index contributed by atoms with van der Waals surface area (Å²) in [5.74, 6) is 0. The number of allylic oxidation sites excluding steroid dienone is 2. The van der Waals surface area contributed by atoms with Gasteiger partial charge in [0, 0.05) is 0 Å². The average Bonchev–Trinajstić information content (AvgIpc) is 3.58. The number of benzene rings is 4. The summed E-state index contributed by atoms with van der Waals surface area (Å²) in [6.07, 6.45) is 7.70. The molecule has 3 aliphatic rings. The number of rotatable bonds is 6. The molecule has 2 aliphatic carbocycles. The summed E-state index contributed by atoms with van der Waals surface area (Å²) in [7, 11) is 0. The number of aryl methyl sites for hydroxylation is 2. The van der Waals surface area contributed by atoms with Crippen molar-refractivity contribution in [3.8, 4) is 22.3 Å². The fourth-order valence-electron chi connectivity index (χ4n) is 9.59. The SMILES string of the molecule is CCC1=Cc2c(-c3ccccc3C)c(C)c(C)c(C)c2[CH]1[Zr+2]1([CH]2C(CC)=Cc3c(-c4ccccc4C)c(C)c(C)c(C)c32)[CH2][CH2]1.[Cl-].[Cl-]. The Labute approximate surface area is 301 Å². The van der Waals surface area contributed by atoms with Crippen molar-refractivity contribution in [1.29, 1.82) is 0 Å². The Morgan fingerprint density at radius 3 is 1.19 bits per heavy atom. The van der Waals surface area contributed by atoms with Crippen LogP contribution in [0.2, 0.25) is 8.26 Å². The van der Waals surface area contributed by atoms with Gasteiger partial charge in [-0.1, -0.05) is 0 Å². The normalized spacial score (nSPS) is 17.8. The Morgan fingerprint density at radius 1 is 0.511 bits per heavy atom. The molecule has 0 spiro atoms. The van der Waals surface area contributed by atoms with Crippen LogP contribution in [-0.2, 0) is 20.3 Å². The third kappa shape index (κ3) is 5.25. The average molecular weight is 741 g/mol. The van der Waals surface area contributed by atoms with Crippen LogP contribution in [0.4, 0.5) is 0 Å². The van der Waals surface area contributed by atoms with Crippen molar-refractivity contribution in [1.82, 2.24) is 0 Å². The third-order valence-electron chi connectivity index (χ3n) is 12.5. The molecule has 0 saturated carbocycles. The Balaban J connectivity index is 0.00000217. The molecule has 47 heavy (non-hydrogen) atoms. The summed E-state index contributed by atoms with van der Waals surface area (Å²) in [5.41, 5.74) is 27.8. The standard InChI is InChI=1S/2C21H23.C2H4.2ClH.Zr/c2*1-6-17-11-19-15(4)14(3)16(5)21(20(19)12-17)18-10-8-7-9-13(18)2;1-2;;;/h2*7-12H,6H2,1-5H3;1-2H2;2*1H;/q;;;;;+2/p-2. The number of hydrogen-bond acceptors (Lipinski definition) is 0. The fourth-order valence-corrected chi connectivity index (χ4v) is 27.8. The smallest absolute Gasteiger partial charge is 1.00 e. The van der Waals surface area contributed by atoms with E-state index in [9.17, 15) is 0 Å². The van der Waals surface area contributed by atoms with Crippen LogP contribution in [-0.4, -0.2) is 0 Å². The van der Waals surface area contributed by atoms with Crippen LogP contribution in [0.15, 0.2) is 59.7 Å². The van der Waals surface area contributed by atoms with Gasteiger partial charge in [-0.25, -0.2) is 0 Å². The monoisotopic (exact) mass is 738 g/mol. The van der Waals surface area contributed by atoms with Gasteiger partial charge in [-0.15, -0.1) is 0 Å². The van der Waals surface area contributed by atoms with E-state index in [0.717, 1.165) is 12.8 Å². The molecular weight excluding hydrogens is 691 g/mol. The Bertz CT molecular complexity index is 1830. The van der Waals surface area contributed by atoms with Gasteiger partial charge in [-0.05, 0) is 0 Å². The van der Waals surface area contributed by atoms with Crippen molar-refractivity contribution >= 4 is 12.2 Å². The van der Waals surface area contributed by atoms with Crippen molar-refractivity contribution in [2.24, 2.45) is 0 Å². The van der Waals surface area contributed by atoms with Crippen LogP contribution >= 0.6 is 0 Å². The summed E-state index contributed by atoms with van der Waals surface area (Å²) in [4.78, 5) is 0. The molecule has 7 rings (SSSR count). The van der Waals surface area contributed by atoms with Crippen molar-refractivity contribution < 1.29 is 45.1 Å². The molecule has 1 heterocycles. The van der Waals surface area contributed by atoms with Gasteiger partial charge in [-0.2, -0.15) is 0 Å². The summed E-state index contributed by atoms with van der Waals surface area (Å²) in [6, 6.07) is 18.2. The topological polar surface area (TPSA) is 0 Å². The largest absolute Gasteiger partial charge is 1.00 e. The van der Waals surface area contributed by atoms with E-state index < -0.39 is 20.3 Å². The van der Waals surface area contributed by atoms with Gasteiger partial charge >= 0.3 is 279 Å². The maximum atomic E-state index is 2.69. The third-order valence-corrected chi connectivity index (χ3v) is 25.5. The number of halogens is 2. The Hall–Kier alpha value is -2.18. The predicted molar refractivity (Wildman–Crippen MR) is 193 cm³/mol. The van der Waals surface area contributed by atoms with Gasteiger partial charge in [0.25, 0.3) is 0 Å². The molecule has 4 aromatic rings. The van der Waals surface area contributed by atoms with E-state index in [-0.39, 0.29) is 24.8 Å². The molecule has 0 radical (unpaired) electrons. The van der Waals surface area contributed by atoms with E-state index in [4.69, 9.17) is 0 Å². The first-order chi connectivity index (χ1) is 21.6. The van der Waals surface area contributed by atoms with Gasteiger partial charge in [0.15, 0.2) is 0 Å². The first kappa shape index (κ1) is 36.1. The molecule has 1 saturated heterocycles. The maximum absolute atomic E-state index is 2.86. The van der Waals surface area contributed by atoms with Gasteiger partial charge in [0.1, 0.15) is 0 Å². The zero-order valence-corrected chi connectivity index (χ0v) is 34.0. The maximum Gasteiger partial charge on any atom is -1.00 e. The molecule has 0 N–H and O–H groups in total. The van der Waals surface area contributed by atoms with Crippen molar-refractivity contribution in [2.45, 2.75) is 97.6 Å². The molecular formula is C44H50Cl2Zr. The van der Waals surface area contributed by atoms with Crippen LogP contribution in [0.1, 0.15) is 101 Å². The number of hydrogen-bond donors (Lipinski definition) is 0. The van der Waals surface area contributed by atoms with E-state index >= 15 is 0 Å². The molecule has 4 aromatic carbocycles. The second kappa shape index (κ2) is 13.3. The van der Waals surface area contributed by atoms with E-state index in [1.54, 1.807) is 44.5 Å². The quantitative estimate of drug-likeness (QED) is 0.202. The predicted octanol–water partition coefficient (Wildman–Crippen LogP) is 6.90. The Morgan fingerprint density at radius 2 is 0.872 bits per heavy atom. The zero-order valence-electron chi connectivity index (χ0n) is 30.0. The second-order valence-electron chi connectivity index (χ2n) is 14.5. The van der Waals surface area contributed by atoms with Gasteiger partial charge < -0.3 is 24.8 Å². The van der Waals surface area contributed by atoms with Gasteiger partial charge in [-0.3, -0.25) is 0 Å². The van der Waals surface area contributed by atoms with Crippen molar-refractivity contribution in [2.75, 3.05) is 0 Å². The summed E-state index contributed by atoms with van der Waals surface area (Å²) < 4.78 is 4.37. The van der Waals surface area contributed by atoms with Crippen LogP contribution in [0.3, 0.4) is 0 Å². The van der Waals surface area contributed by atoms with Crippen molar-refractivity contribution in [3.05, 3.63) is 126 Å². The minimum Gasteiger partial charge on any atom is -1.00 e.